The lowest BCUT2D eigenvalue weighted by Crippen LogP contribution is -2.47. The van der Waals surface area contributed by atoms with Crippen LogP contribution in [0.1, 0.15) is 103 Å². The van der Waals surface area contributed by atoms with Gasteiger partial charge in [0.1, 0.15) is 46.3 Å². The maximum atomic E-state index is 13.4. The molecule has 4 saturated heterocycles. The van der Waals surface area contributed by atoms with Crippen LogP contribution in [0.25, 0.3) is 0 Å². The summed E-state index contributed by atoms with van der Waals surface area (Å²) in [5.74, 6) is 0.0857. The summed E-state index contributed by atoms with van der Waals surface area (Å²) >= 11 is 0. The molecule has 20 nitrogen and oxygen atoms in total. The summed E-state index contributed by atoms with van der Waals surface area (Å²) in [4.78, 5) is 81.1. The number of halogens is 6. The van der Waals surface area contributed by atoms with Crippen molar-refractivity contribution in [3.05, 3.63) is 92.8 Å². The molecule has 0 atom stereocenters. The Labute approximate surface area is 449 Å². The van der Waals surface area contributed by atoms with Gasteiger partial charge in [-0.05, 0) is 63.7 Å². The zero-order valence-corrected chi connectivity index (χ0v) is 45.2. The first kappa shape index (κ1) is 60.5. The SMILES string of the molecule is CC(C)(C)c1nc(N2CCN(CCCCn3ccc(N4CCC4)nc3=O)CC2)cc(C(F)(F)F)n1.CC(C)(C)c1nc(N2CCN(CCCCn3ccc(N4CCC4)nc3=O)CC2)cc(C(F)(F)F)n1.O=C(O)C=CC(=O)O. The van der Waals surface area contributed by atoms with Gasteiger partial charge in [0, 0.05) is 139 Å². The molecular weight excluding hydrogens is 1030 g/mol. The molecule has 0 bridgehead atoms. The zero-order chi connectivity index (χ0) is 57.0. The molecule has 78 heavy (non-hydrogen) atoms. The van der Waals surface area contributed by atoms with Gasteiger partial charge in [-0.3, -0.25) is 18.9 Å². The van der Waals surface area contributed by atoms with E-state index >= 15 is 0 Å². The first-order valence-corrected chi connectivity index (χ1v) is 26.3. The van der Waals surface area contributed by atoms with E-state index in [0.29, 0.717) is 63.1 Å². The zero-order valence-electron chi connectivity index (χ0n) is 45.2. The maximum absolute atomic E-state index is 13.4. The number of hydrogen-bond donors (Lipinski definition) is 2. The van der Waals surface area contributed by atoms with Crippen LogP contribution < -0.4 is 31.0 Å². The molecule has 4 aromatic rings. The number of nitrogens with zero attached hydrogens (tertiary/aromatic N) is 14. The van der Waals surface area contributed by atoms with Gasteiger partial charge in [0.05, 0.1) is 0 Å². The second-order valence-corrected chi connectivity index (χ2v) is 21.7. The van der Waals surface area contributed by atoms with E-state index in [-0.39, 0.29) is 23.0 Å². The number of carbonyl (C=O) groups is 2. The monoisotopic (exact) mass is 1100 g/mol. The largest absolute Gasteiger partial charge is 0.478 e. The lowest BCUT2D eigenvalue weighted by Gasteiger charge is -2.36. The Kier molecular flexibility index (Phi) is 20.4. The highest BCUT2D eigenvalue weighted by molar-refractivity contribution is 5.89. The predicted molar refractivity (Wildman–Crippen MR) is 282 cm³/mol. The summed E-state index contributed by atoms with van der Waals surface area (Å²) < 4.78 is 83.8. The molecule has 26 heteroatoms. The fourth-order valence-electron chi connectivity index (χ4n) is 8.56. The van der Waals surface area contributed by atoms with Gasteiger partial charge in [0.15, 0.2) is 0 Å². The number of piperazine rings is 2. The van der Waals surface area contributed by atoms with E-state index < -0.39 is 46.5 Å². The van der Waals surface area contributed by atoms with Crippen LogP contribution in [0.4, 0.5) is 49.6 Å². The lowest BCUT2D eigenvalue weighted by molar-refractivity contribution is -0.142. The smallest absolute Gasteiger partial charge is 0.433 e. The van der Waals surface area contributed by atoms with E-state index in [0.717, 1.165) is 128 Å². The van der Waals surface area contributed by atoms with Crippen LogP contribution in [0.5, 0.6) is 0 Å². The number of unbranched alkanes of at least 4 members (excludes halogenated alkanes) is 2. The second-order valence-electron chi connectivity index (χ2n) is 21.7. The number of carboxylic acid groups (broad SMARTS) is 2. The predicted octanol–water partition coefficient (Wildman–Crippen LogP) is 6.04. The molecule has 0 amide bonds. The first-order chi connectivity index (χ1) is 36.6. The van der Waals surface area contributed by atoms with Crippen molar-refractivity contribution in [3.63, 3.8) is 0 Å². The third-order valence-electron chi connectivity index (χ3n) is 13.4. The molecule has 0 aromatic carbocycles. The van der Waals surface area contributed by atoms with Gasteiger partial charge in [0.2, 0.25) is 0 Å². The Bertz CT molecular complexity index is 2540. The molecule has 4 aliphatic rings. The number of aliphatic carboxylic acids is 2. The molecule has 0 aliphatic carbocycles. The van der Waals surface area contributed by atoms with Crippen molar-refractivity contribution in [1.82, 2.24) is 48.8 Å². The molecular formula is C52H72F6N14O6. The Morgan fingerprint density at radius 1 is 0.474 bits per heavy atom. The summed E-state index contributed by atoms with van der Waals surface area (Å²) in [6, 6.07) is 5.93. The summed E-state index contributed by atoms with van der Waals surface area (Å²) in [7, 11) is 0. The molecule has 0 saturated carbocycles. The average Bonchev–Trinajstić information content (AvgIpc) is 3.37. The molecule has 0 radical (unpaired) electrons. The van der Waals surface area contributed by atoms with Crippen molar-refractivity contribution < 1.29 is 46.1 Å². The summed E-state index contributed by atoms with van der Waals surface area (Å²) in [5, 5.41) is 15.6. The van der Waals surface area contributed by atoms with Crippen molar-refractivity contribution in [2.45, 2.75) is 116 Å². The lowest BCUT2D eigenvalue weighted by atomic mass is 9.95. The third kappa shape index (κ3) is 17.9. The number of alkyl halides is 6. The molecule has 4 aliphatic heterocycles. The molecule has 0 spiro atoms. The van der Waals surface area contributed by atoms with E-state index in [4.69, 9.17) is 10.2 Å². The Morgan fingerprint density at radius 2 is 0.795 bits per heavy atom. The van der Waals surface area contributed by atoms with Crippen LogP contribution >= 0.6 is 0 Å². The van der Waals surface area contributed by atoms with Crippen LogP contribution in [0.15, 0.2) is 58.4 Å². The van der Waals surface area contributed by atoms with E-state index in [1.807, 2.05) is 75.9 Å². The fourth-order valence-corrected chi connectivity index (χ4v) is 8.56. The average molecular weight is 1100 g/mol. The van der Waals surface area contributed by atoms with Gasteiger partial charge >= 0.3 is 35.7 Å². The van der Waals surface area contributed by atoms with Crippen LogP contribution in [0.3, 0.4) is 0 Å². The number of rotatable bonds is 16. The van der Waals surface area contributed by atoms with E-state index in [2.05, 4.69) is 49.5 Å². The summed E-state index contributed by atoms with van der Waals surface area (Å²) in [6.07, 6.45) is 1.62. The minimum atomic E-state index is -4.51. The van der Waals surface area contributed by atoms with Crippen LogP contribution in [-0.4, -0.2) is 163 Å². The number of anilines is 4. The summed E-state index contributed by atoms with van der Waals surface area (Å²) in [6.45, 7) is 23.2. The van der Waals surface area contributed by atoms with Crippen molar-refractivity contribution in [1.29, 1.82) is 0 Å². The Balaban J connectivity index is 0.000000221. The second kappa shape index (κ2) is 26.3. The molecule has 4 aromatic heterocycles. The molecule has 428 valence electrons. The van der Waals surface area contributed by atoms with Gasteiger partial charge in [-0.1, -0.05) is 41.5 Å². The van der Waals surface area contributed by atoms with Crippen LogP contribution in [-0.2, 0) is 45.9 Å². The van der Waals surface area contributed by atoms with Gasteiger partial charge in [-0.15, -0.1) is 0 Å². The van der Waals surface area contributed by atoms with Gasteiger partial charge < -0.3 is 29.8 Å². The highest BCUT2D eigenvalue weighted by atomic mass is 19.4. The molecule has 4 fully saturated rings. The number of aromatic nitrogens is 8. The fraction of sp³-hybridized carbons (Fsp3) is 0.615. The van der Waals surface area contributed by atoms with Gasteiger partial charge in [-0.25, -0.2) is 39.1 Å². The van der Waals surface area contributed by atoms with E-state index in [9.17, 15) is 45.5 Å². The van der Waals surface area contributed by atoms with Crippen LogP contribution in [0, 0.1) is 0 Å². The van der Waals surface area contributed by atoms with Gasteiger partial charge in [-0.2, -0.15) is 36.3 Å². The van der Waals surface area contributed by atoms with Crippen molar-refractivity contribution >= 4 is 35.2 Å². The third-order valence-corrected chi connectivity index (χ3v) is 13.4. The van der Waals surface area contributed by atoms with Crippen molar-refractivity contribution in [2.24, 2.45) is 0 Å². The molecule has 2 N–H and O–H groups in total. The Morgan fingerprint density at radius 3 is 1.06 bits per heavy atom. The summed E-state index contributed by atoms with van der Waals surface area (Å²) in [5.41, 5.74) is -3.36. The number of carboxylic acids is 2. The Hall–Kier alpha value is -6.70. The highest BCUT2D eigenvalue weighted by Gasteiger charge is 2.37. The van der Waals surface area contributed by atoms with Crippen molar-refractivity contribution in [3.8, 4) is 0 Å². The highest BCUT2D eigenvalue weighted by Crippen LogP contribution is 2.34. The van der Waals surface area contributed by atoms with Crippen LogP contribution in [0.2, 0.25) is 0 Å². The molecule has 8 heterocycles. The van der Waals surface area contributed by atoms with Crippen molar-refractivity contribution in [2.75, 3.05) is 111 Å². The number of hydrogen-bond acceptors (Lipinski definition) is 16. The normalized spacial score (nSPS) is 16.7. The maximum Gasteiger partial charge on any atom is 0.433 e. The first-order valence-electron chi connectivity index (χ1n) is 26.3. The minimum Gasteiger partial charge on any atom is -0.478 e. The standard InChI is InChI=1S/2C24H34F3N7O.C4H4O4/c2*1-23(2,3)21-28-18(24(25,26)27)17-20(29-21)33-15-13-31(14-16-33)8-4-5-9-34-12-7-19(30-22(34)35)32-10-6-11-32;5-3(6)1-2-4(7)8/h2*7,12,17H,4-6,8-11,13-16H2,1-3H3;1-2H,(H,5,6)(H,7,8). The number of aryl methyl sites for hydroxylation is 2. The van der Waals surface area contributed by atoms with E-state index in [1.54, 1.807) is 9.13 Å². The quantitative estimate of drug-likeness (QED) is 0.0744. The topological polar surface area (TPSA) is 215 Å². The minimum absolute atomic E-state index is 0.201. The van der Waals surface area contributed by atoms with E-state index in [1.165, 1.54) is 0 Å². The molecule has 0 unspecified atom stereocenters. The van der Waals surface area contributed by atoms with Gasteiger partial charge in [0.25, 0.3) is 0 Å². The molecule has 8 rings (SSSR count).